The van der Waals surface area contributed by atoms with Gasteiger partial charge >= 0.3 is 0 Å². The predicted molar refractivity (Wildman–Crippen MR) is 152 cm³/mol. The van der Waals surface area contributed by atoms with Crippen LogP contribution in [0.4, 0.5) is 0 Å². The van der Waals surface area contributed by atoms with Crippen LogP contribution in [0.2, 0.25) is 0 Å². The minimum absolute atomic E-state index is 0.649. The summed E-state index contributed by atoms with van der Waals surface area (Å²) in [5.74, 6) is 1.51. The molecule has 0 bridgehead atoms. The van der Waals surface area contributed by atoms with Gasteiger partial charge in [0.15, 0.2) is 11.5 Å². The van der Waals surface area contributed by atoms with Gasteiger partial charge in [-0.15, -0.1) is 34.0 Å². The molecule has 3 nitrogen and oxygen atoms in total. The van der Waals surface area contributed by atoms with Crippen molar-refractivity contribution in [2.24, 2.45) is 0 Å². The van der Waals surface area contributed by atoms with E-state index < -0.39 is 0 Å². The molecule has 1 aromatic carbocycles. The number of ether oxygens (including phenoxy) is 2. The first-order chi connectivity index (χ1) is 17.2. The van der Waals surface area contributed by atoms with Gasteiger partial charge in [-0.25, -0.2) is 0 Å². The number of unbranched alkanes of at least 4 members (excludes halogenated alkanes) is 2. The van der Waals surface area contributed by atoms with E-state index >= 15 is 0 Å². The highest BCUT2D eigenvalue weighted by Gasteiger charge is 2.12. The number of thiophene rings is 3. The fourth-order valence-corrected chi connectivity index (χ4v) is 6.36. The second-order valence-corrected chi connectivity index (χ2v) is 11.2. The Balaban J connectivity index is 1.55. The summed E-state index contributed by atoms with van der Waals surface area (Å²) in [6.07, 6.45) is 6.09. The minimum atomic E-state index is 0.649. The van der Waals surface area contributed by atoms with E-state index in [1.807, 2.05) is 30.3 Å². The molecule has 180 valence electrons. The van der Waals surface area contributed by atoms with Gasteiger partial charge in [0.2, 0.25) is 0 Å². The molecule has 0 aliphatic carbocycles. The number of hydrogen-bond acceptors (Lipinski definition) is 6. The lowest BCUT2D eigenvalue weighted by molar-refractivity contribution is 0.262. The van der Waals surface area contributed by atoms with Gasteiger partial charge in [-0.2, -0.15) is 5.26 Å². The van der Waals surface area contributed by atoms with Gasteiger partial charge in [-0.3, -0.25) is 0 Å². The van der Waals surface area contributed by atoms with E-state index in [0.29, 0.717) is 18.8 Å². The first-order valence-corrected chi connectivity index (χ1v) is 14.5. The van der Waals surface area contributed by atoms with Crippen LogP contribution in [0.1, 0.15) is 50.0 Å². The van der Waals surface area contributed by atoms with Crippen LogP contribution in [0.15, 0.2) is 60.0 Å². The maximum Gasteiger partial charge on any atom is 0.161 e. The van der Waals surface area contributed by atoms with Crippen molar-refractivity contribution in [3.8, 4) is 37.1 Å². The van der Waals surface area contributed by atoms with Gasteiger partial charge in [0.1, 0.15) is 6.07 Å². The minimum Gasteiger partial charge on any atom is -0.490 e. The van der Waals surface area contributed by atoms with Crippen molar-refractivity contribution in [3.63, 3.8) is 0 Å². The maximum absolute atomic E-state index is 9.93. The first-order valence-electron chi connectivity index (χ1n) is 12.0. The number of nitriles is 1. The molecule has 6 heteroatoms. The lowest BCUT2D eigenvalue weighted by Gasteiger charge is -2.13. The molecule has 0 fully saturated rings. The van der Waals surface area contributed by atoms with Crippen molar-refractivity contribution >= 4 is 45.7 Å². The number of benzene rings is 1. The van der Waals surface area contributed by atoms with Crippen molar-refractivity contribution in [3.05, 3.63) is 70.4 Å². The standard InChI is InChI=1S/C29H29NO2S3/c1-3-5-15-31-23-10-9-21(19-24(23)32-16-6-4-2)18-22(20-30)25-11-12-28(34-25)29-14-13-27(35-29)26-8-7-17-33-26/h7-14,17-19H,3-6,15-16H2,1-2H3/b22-18+. The van der Waals surface area contributed by atoms with Crippen molar-refractivity contribution in [2.45, 2.75) is 39.5 Å². The number of hydrogen-bond donors (Lipinski definition) is 0. The molecule has 0 N–H and O–H groups in total. The highest BCUT2D eigenvalue weighted by molar-refractivity contribution is 7.26. The zero-order valence-corrected chi connectivity index (χ0v) is 22.5. The molecule has 0 atom stereocenters. The first kappa shape index (κ1) is 25.2. The van der Waals surface area contributed by atoms with E-state index in [9.17, 15) is 5.26 Å². The second kappa shape index (κ2) is 12.7. The Hall–Kier alpha value is -2.85. The average molecular weight is 520 g/mol. The lowest BCUT2D eigenvalue weighted by Crippen LogP contribution is -2.02. The number of allylic oxidation sites excluding steroid dienone is 1. The summed E-state index contributed by atoms with van der Waals surface area (Å²) < 4.78 is 12.0. The van der Waals surface area contributed by atoms with Gasteiger partial charge in [0, 0.05) is 24.4 Å². The molecule has 0 saturated carbocycles. The number of rotatable bonds is 12. The average Bonchev–Trinajstić information content (AvgIpc) is 3.65. The Labute approximate surface area is 219 Å². The monoisotopic (exact) mass is 519 g/mol. The van der Waals surface area contributed by atoms with Gasteiger partial charge in [-0.05, 0) is 72.3 Å². The molecule has 4 aromatic rings. The van der Waals surface area contributed by atoms with Gasteiger partial charge in [-0.1, -0.05) is 38.8 Å². The van der Waals surface area contributed by atoms with Crippen LogP contribution in [0.5, 0.6) is 11.5 Å². The van der Waals surface area contributed by atoms with E-state index in [2.05, 4.69) is 55.6 Å². The zero-order valence-electron chi connectivity index (χ0n) is 20.1. The van der Waals surface area contributed by atoms with E-state index in [4.69, 9.17) is 9.47 Å². The Morgan fingerprint density at radius 2 is 1.51 bits per heavy atom. The van der Waals surface area contributed by atoms with Crippen LogP contribution >= 0.6 is 34.0 Å². The van der Waals surface area contributed by atoms with Crippen LogP contribution in [-0.2, 0) is 0 Å². The highest BCUT2D eigenvalue weighted by Crippen LogP contribution is 2.40. The van der Waals surface area contributed by atoms with Crippen molar-refractivity contribution in [1.29, 1.82) is 5.26 Å². The summed E-state index contributed by atoms with van der Waals surface area (Å²) in [5.41, 5.74) is 1.58. The smallest absolute Gasteiger partial charge is 0.161 e. The summed E-state index contributed by atoms with van der Waals surface area (Å²) in [7, 11) is 0. The highest BCUT2D eigenvalue weighted by atomic mass is 32.1. The Bertz CT molecular complexity index is 1290. The summed E-state index contributed by atoms with van der Waals surface area (Å²) in [6.45, 7) is 5.63. The number of nitrogens with zero attached hydrogens (tertiary/aromatic N) is 1. The largest absolute Gasteiger partial charge is 0.490 e. The molecule has 0 aliphatic heterocycles. The molecule has 35 heavy (non-hydrogen) atoms. The molecule has 0 saturated heterocycles. The predicted octanol–water partition coefficient (Wildman–Crippen LogP) is 9.63. The van der Waals surface area contributed by atoms with Crippen molar-refractivity contribution < 1.29 is 9.47 Å². The third-order valence-electron chi connectivity index (χ3n) is 5.39. The summed E-state index contributed by atoms with van der Waals surface area (Å²) in [6, 6.07) is 21.0. The van der Waals surface area contributed by atoms with E-state index in [0.717, 1.165) is 47.6 Å². The van der Waals surface area contributed by atoms with Crippen LogP contribution in [0.3, 0.4) is 0 Å². The summed E-state index contributed by atoms with van der Waals surface area (Å²) in [4.78, 5) is 5.93. The zero-order chi connectivity index (χ0) is 24.5. The third kappa shape index (κ3) is 6.64. The molecule has 3 heterocycles. The van der Waals surface area contributed by atoms with E-state index in [1.165, 1.54) is 19.5 Å². The summed E-state index contributed by atoms with van der Waals surface area (Å²) >= 11 is 5.20. The Morgan fingerprint density at radius 1 is 0.829 bits per heavy atom. The fourth-order valence-electron chi connectivity index (χ4n) is 3.46. The van der Waals surface area contributed by atoms with Crippen LogP contribution < -0.4 is 9.47 Å². The van der Waals surface area contributed by atoms with Gasteiger partial charge < -0.3 is 9.47 Å². The van der Waals surface area contributed by atoms with Crippen LogP contribution in [0.25, 0.3) is 31.2 Å². The SMILES string of the molecule is CCCCOc1ccc(/C=C(\C#N)c2ccc(-c3ccc(-c4cccs4)s3)s2)cc1OCCCC. The maximum atomic E-state index is 9.93. The van der Waals surface area contributed by atoms with Crippen molar-refractivity contribution in [1.82, 2.24) is 0 Å². The van der Waals surface area contributed by atoms with Gasteiger partial charge in [0.05, 0.1) is 18.8 Å². The second-order valence-electron chi connectivity index (χ2n) is 8.09. The van der Waals surface area contributed by atoms with E-state index in [-0.39, 0.29) is 0 Å². The molecule has 0 unspecified atom stereocenters. The topological polar surface area (TPSA) is 42.2 Å². The fraction of sp³-hybridized carbons (Fsp3) is 0.276. The molecule has 0 amide bonds. The molecule has 3 aromatic heterocycles. The molecule has 4 rings (SSSR count). The molecule has 0 aliphatic rings. The lowest BCUT2D eigenvalue weighted by atomic mass is 10.1. The quantitative estimate of drug-likeness (QED) is 0.138. The van der Waals surface area contributed by atoms with Gasteiger partial charge in [0.25, 0.3) is 0 Å². The third-order valence-corrected chi connectivity index (χ3v) is 8.86. The molecular formula is C29H29NO2S3. The molecule has 0 spiro atoms. The van der Waals surface area contributed by atoms with Crippen LogP contribution in [0, 0.1) is 11.3 Å². The van der Waals surface area contributed by atoms with Crippen molar-refractivity contribution in [2.75, 3.05) is 13.2 Å². The molecular weight excluding hydrogens is 491 g/mol. The summed E-state index contributed by atoms with van der Waals surface area (Å²) in [5, 5.41) is 12.0. The Kier molecular flexibility index (Phi) is 9.19. The van der Waals surface area contributed by atoms with E-state index in [1.54, 1.807) is 34.0 Å². The van der Waals surface area contributed by atoms with Crippen LogP contribution in [-0.4, -0.2) is 13.2 Å². The Morgan fingerprint density at radius 3 is 2.20 bits per heavy atom. The molecule has 0 radical (unpaired) electrons. The normalized spacial score (nSPS) is 11.4.